The molecule has 0 heterocycles. The van der Waals surface area contributed by atoms with Gasteiger partial charge in [0.1, 0.15) is 5.75 Å². The van der Waals surface area contributed by atoms with E-state index >= 15 is 0 Å². The van der Waals surface area contributed by atoms with Gasteiger partial charge in [-0.05, 0) is 31.2 Å². The van der Waals surface area contributed by atoms with Gasteiger partial charge in [0.25, 0.3) is 0 Å². The Balaban J connectivity index is 2.64. The third kappa shape index (κ3) is 3.40. The number of hydrogen-bond donors (Lipinski definition) is 1. The molecule has 0 saturated carbocycles. The molecule has 0 aliphatic heterocycles. The standard InChI is InChI=1S/C8H9O4P/c1-2-11-7-3-5-8(6-4-7)12-13(9)10/h3-6H,2H2,1H3/p+1. The SMILES string of the molecule is CCOc1ccc(O[P+](=O)O)cc1. The third-order valence-electron chi connectivity index (χ3n) is 1.32. The zero-order valence-corrected chi connectivity index (χ0v) is 8.03. The highest BCUT2D eigenvalue weighted by Crippen LogP contribution is 2.24. The highest BCUT2D eigenvalue weighted by Gasteiger charge is 2.13. The van der Waals surface area contributed by atoms with Gasteiger partial charge in [-0.1, -0.05) is 0 Å². The molecule has 1 atom stereocenters. The molecule has 0 aliphatic carbocycles. The van der Waals surface area contributed by atoms with Crippen LogP contribution < -0.4 is 9.26 Å². The van der Waals surface area contributed by atoms with E-state index in [1.165, 1.54) is 0 Å². The Hall–Kier alpha value is -1.12. The number of benzene rings is 1. The van der Waals surface area contributed by atoms with Crippen molar-refractivity contribution in [2.45, 2.75) is 6.92 Å². The van der Waals surface area contributed by atoms with Crippen LogP contribution in [0.1, 0.15) is 6.92 Å². The van der Waals surface area contributed by atoms with Gasteiger partial charge < -0.3 is 4.74 Å². The molecular weight excluding hydrogens is 191 g/mol. The summed E-state index contributed by atoms with van der Waals surface area (Å²) in [4.78, 5) is 8.43. The van der Waals surface area contributed by atoms with E-state index in [4.69, 9.17) is 9.63 Å². The molecule has 70 valence electrons. The lowest BCUT2D eigenvalue weighted by Crippen LogP contribution is -1.90. The molecule has 0 bridgehead atoms. The van der Waals surface area contributed by atoms with Crippen LogP contribution in [-0.4, -0.2) is 11.5 Å². The lowest BCUT2D eigenvalue weighted by Gasteiger charge is -2.00. The fourth-order valence-electron chi connectivity index (χ4n) is 0.854. The van der Waals surface area contributed by atoms with Crippen molar-refractivity contribution in [2.24, 2.45) is 0 Å². The van der Waals surface area contributed by atoms with Gasteiger partial charge in [-0.25, -0.2) is 4.52 Å². The van der Waals surface area contributed by atoms with Gasteiger partial charge >= 0.3 is 8.25 Å². The Morgan fingerprint density at radius 1 is 1.31 bits per heavy atom. The van der Waals surface area contributed by atoms with E-state index in [0.29, 0.717) is 18.1 Å². The summed E-state index contributed by atoms with van der Waals surface area (Å²) in [6, 6.07) is 6.51. The first-order chi connectivity index (χ1) is 6.22. The Labute approximate surface area is 77.1 Å². The molecule has 13 heavy (non-hydrogen) atoms. The monoisotopic (exact) mass is 201 g/mol. The minimum Gasteiger partial charge on any atom is -0.494 e. The summed E-state index contributed by atoms with van der Waals surface area (Å²) in [5.74, 6) is 1.06. The van der Waals surface area contributed by atoms with E-state index in [2.05, 4.69) is 4.52 Å². The Kier molecular flexibility index (Phi) is 3.68. The van der Waals surface area contributed by atoms with Gasteiger partial charge in [-0.15, -0.1) is 4.89 Å². The zero-order valence-electron chi connectivity index (χ0n) is 7.14. The van der Waals surface area contributed by atoms with Crippen molar-refractivity contribution in [3.05, 3.63) is 24.3 Å². The van der Waals surface area contributed by atoms with E-state index in [9.17, 15) is 4.57 Å². The van der Waals surface area contributed by atoms with Crippen LogP contribution in [-0.2, 0) is 4.57 Å². The summed E-state index contributed by atoms with van der Waals surface area (Å²) < 4.78 is 20.0. The van der Waals surface area contributed by atoms with Crippen LogP contribution in [0.25, 0.3) is 0 Å². The molecule has 1 aromatic rings. The molecule has 4 nitrogen and oxygen atoms in total. The Bertz CT molecular complexity index is 283. The maximum atomic E-state index is 10.3. The highest BCUT2D eigenvalue weighted by molar-refractivity contribution is 7.32. The van der Waals surface area contributed by atoms with Crippen LogP contribution in [0, 0.1) is 0 Å². The van der Waals surface area contributed by atoms with E-state index in [1.807, 2.05) is 6.92 Å². The topological polar surface area (TPSA) is 55.8 Å². The first kappa shape index (κ1) is 9.96. The first-order valence-corrected chi connectivity index (χ1v) is 4.92. The van der Waals surface area contributed by atoms with Crippen molar-refractivity contribution in [1.82, 2.24) is 0 Å². The van der Waals surface area contributed by atoms with Crippen molar-refractivity contribution < 1.29 is 18.7 Å². The van der Waals surface area contributed by atoms with Crippen LogP contribution in [0.2, 0.25) is 0 Å². The quantitative estimate of drug-likeness (QED) is 0.758. The van der Waals surface area contributed by atoms with Gasteiger partial charge in [0.15, 0.2) is 5.75 Å². The van der Waals surface area contributed by atoms with E-state index < -0.39 is 8.25 Å². The highest BCUT2D eigenvalue weighted by atomic mass is 31.1. The molecule has 1 aromatic carbocycles. The maximum Gasteiger partial charge on any atom is 0.747 e. The van der Waals surface area contributed by atoms with Gasteiger partial charge in [0.2, 0.25) is 0 Å². The van der Waals surface area contributed by atoms with Crippen molar-refractivity contribution in [2.75, 3.05) is 6.61 Å². The largest absolute Gasteiger partial charge is 0.747 e. The normalized spacial score (nSPS) is 10.8. The molecule has 0 radical (unpaired) electrons. The fourth-order valence-corrected chi connectivity index (χ4v) is 1.16. The van der Waals surface area contributed by atoms with Crippen LogP contribution in [0.5, 0.6) is 11.5 Å². The minimum atomic E-state index is -2.59. The van der Waals surface area contributed by atoms with E-state index in [-0.39, 0.29) is 0 Å². The van der Waals surface area contributed by atoms with Crippen molar-refractivity contribution >= 4 is 8.25 Å². The second-order valence-electron chi connectivity index (χ2n) is 2.23. The summed E-state index contributed by atoms with van der Waals surface area (Å²) >= 11 is 0. The molecular formula is C8H10O4P+. The molecule has 0 aliphatic rings. The van der Waals surface area contributed by atoms with E-state index in [0.717, 1.165) is 0 Å². The molecule has 0 aromatic heterocycles. The average Bonchev–Trinajstić information content (AvgIpc) is 2.08. The summed E-state index contributed by atoms with van der Waals surface area (Å²) in [6.07, 6.45) is 0. The summed E-state index contributed by atoms with van der Waals surface area (Å²) in [6.45, 7) is 2.48. The molecule has 5 heteroatoms. The molecule has 1 rings (SSSR count). The van der Waals surface area contributed by atoms with Gasteiger partial charge in [0.05, 0.1) is 6.61 Å². The third-order valence-corrected chi connectivity index (χ3v) is 1.69. The fraction of sp³-hybridized carbons (Fsp3) is 0.250. The summed E-state index contributed by atoms with van der Waals surface area (Å²) in [5.41, 5.74) is 0. The average molecular weight is 201 g/mol. The van der Waals surface area contributed by atoms with Crippen LogP contribution in [0.3, 0.4) is 0 Å². The lowest BCUT2D eigenvalue weighted by molar-refractivity contribution is 0.339. The Morgan fingerprint density at radius 3 is 2.31 bits per heavy atom. The van der Waals surface area contributed by atoms with Crippen LogP contribution >= 0.6 is 8.25 Å². The number of rotatable bonds is 4. The summed E-state index contributed by atoms with van der Waals surface area (Å²) in [7, 11) is -2.59. The summed E-state index contributed by atoms with van der Waals surface area (Å²) in [5, 5.41) is 0. The zero-order chi connectivity index (χ0) is 9.68. The van der Waals surface area contributed by atoms with E-state index in [1.54, 1.807) is 24.3 Å². The van der Waals surface area contributed by atoms with Crippen molar-refractivity contribution in [3.8, 4) is 11.5 Å². The Morgan fingerprint density at radius 2 is 1.85 bits per heavy atom. The second-order valence-corrected chi connectivity index (χ2v) is 2.89. The molecule has 1 N–H and O–H groups in total. The van der Waals surface area contributed by atoms with Gasteiger partial charge in [-0.2, -0.15) is 0 Å². The number of hydrogen-bond acceptors (Lipinski definition) is 3. The molecule has 0 saturated heterocycles. The second kappa shape index (κ2) is 4.80. The number of ether oxygens (including phenoxy) is 1. The van der Waals surface area contributed by atoms with Crippen molar-refractivity contribution in [1.29, 1.82) is 0 Å². The predicted octanol–water partition coefficient (Wildman–Crippen LogP) is 2.11. The maximum absolute atomic E-state index is 10.3. The predicted molar refractivity (Wildman–Crippen MR) is 48.1 cm³/mol. The minimum absolute atomic E-state index is 0.354. The lowest BCUT2D eigenvalue weighted by atomic mass is 10.3. The molecule has 0 spiro atoms. The molecule has 1 unspecified atom stereocenters. The molecule has 0 fully saturated rings. The van der Waals surface area contributed by atoms with Crippen LogP contribution in [0.4, 0.5) is 0 Å². The first-order valence-electron chi connectivity index (χ1n) is 3.79. The van der Waals surface area contributed by atoms with Gasteiger partial charge in [-0.3, -0.25) is 0 Å². The molecule has 0 amide bonds. The smallest absolute Gasteiger partial charge is 0.494 e. The van der Waals surface area contributed by atoms with Crippen molar-refractivity contribution in [3.63, 3.8) is 0 Å². The van der Waals surface area contributed by atoms with Gasteiger partial charge in [0, 0.05) is 4.57 Å². The van der Waals surface area contributed by atoms with Crippen LogP contribution in [0.15, 0.2) is 24.3 Å².